The van der Waals surface area contributed by atoms with E-state index in [4.69, 9.17) is 10.8 Å². The number of nitrogens with one attached hydrogen (secondary N) is 1. The molecule has 0 aromatic heterocycles. The minimum Gasteiger partial charge on any atom is -0.507 e. The zero-order valence-corrected chi connectivity index (χ0v) is 9.42. The van der Waals surface area contributed by atoms with Gasteiger partial charge in [-0.25, -0.2) is 4.79 Å². The van der Waals surface area contributed by atoms with Gasteiger partial charge in [0, 0.05) is 11.8 Å². The van der Waals surface area contributed by atoms with Gasteiger partial charge in [-0.15, -0.1) is 0 Å². The number of dihydropyridines is 1. The van der Waals surface area contributed by atoms with Crippen molar-refractivity contribution in [1.82, 2.24) is 5.32 Å². The second-order valence-corrected chi connectivity index (χ2v) is 3.73. The van der Waals surface area contributed by atoms with Gasteiger partial charge in [0.1, 0.15) is 11.3 Å². The number of aromatic hydroxyl groups is 1. The molecule has 0 radical (unpaired) electrons. The van der Waals surface area contributed by atoms with Crippen molar-refractivity contribution in [3.63, 3.8) is 0 Å². The number of hydrogen-bond acceptors (Lipinski definition) is 4. The van der Waals surface area contributed by atoms with Crippen molar-refractivity contribution in [1.29, 1.82) is 0 Å². The molecular weight excluding hydrogens is 232 g/mol. The maximum atomic E-state index is 10.8. The number of allylic oxidation sites excluding steroid dienone is 3. The Labute approximate surface area is 104 Å². The van der Waals surface area contributed by atoms with Crippen LogP contribution in [0.5, 0.6) is 5.75 Å². The summed E-state index contributed by atoms with van der Waals surface area (Å²) < 4.78 is 0. The van der Waals surface area contributed by atoms with Gasteiger partial charge in [0.05, 0.1) is 11.4 Å². The highest BCUT2D eigenvalue weighted by molar-refractivity contribution is 5.91. The van der Waals surface area contributed by atoms with Crippen molar-refractivity contribution < 1.29 is 15.0 Å². The van der Waals surface area contributed by atoms with Crippen LogP contribution < -0.4 is 11.1 Å². The molecule has 1 heterocycles. The van der Waals surface area contributed by atoms with Crippen molar-refractivity contribution in [3.05, 3.63) is 59.5 Å². The lowest BCUT2D eigenvalue weighted by Crippen LogP contribution is -2.12. The molecule has 0 saturated heterocycles. The SMILES string of the molecule is N/C(=C1/C=CC=CN1)c1ccc(C(=O)O)c(O)c1. The Morgan fingerprint density at radius 2 is 2.06 bits per heavy atom. The Balaban J connectivity index is 2.41. The molecule has 1 aromatic rings. The fourth-order valence-electron chi connectivity index (χ4n) is 1.60. The Kier molecular flexibility index (Phi) is 3.05. The Morgan fingerprint density at radius 3 is 2.61 bits per heavy atom. The Morgan fingerprint density at radius 1 is 1.28 bits per heavy atom. The minimum absolute atomic E-state index is 0.149. The third kappa shape index (κ3) is 2.20. The van der Waals surface area contributed by atoms with Crippen molar-refractivity contribution in [2.45, 2.75) is 0 Å². The first-order valence-corrected chi connectivity index (χ1v) is 5.26. The van der Waals surface area contributed by atoms with E-state index in [0.717, 1.165) is 0 Å². The zero-order valence-electron chi connectivity index (χ0n) is 9.42. The largest absolute Gasteiger partial charge is 0.507 e. The van der Waals surface area contributed by atoms with E-state index in [1.165, 1.54) is 12.1 Å². The average molecular weight is 244 g/mol. The van der Waals surface area contributed by atoms with E-state index < -0.39 is 5.97 Å². The van der Waals surface area contributed by atoms with Crippen LogP contribution in [0.15, 0.2) is 48.3 Å². The highest BCUT2D eigenvalue weighted by Gasteiger charge is 2.12. The molecule has 0 spiro atoms. The lowest BCUT2D eigenvalue weighted by Gasteiger charge is -2.11. The molecule has 2 rings (SSSR count). The molecule has 0 bridgehead atoms. The first-order chi connectivity index (χ1) is 8.59. The Bertz CT molecular complexity index is 586. The van der Waals surface area contributed by atoms with E-state index in [1.807, 2.05) is 12.2 Å². The van der Waals surface area contributed by atoms with Crippen LogP contribution in [0.4, 0.5) is 0 Å². The predicted octanol–water partition coefficient (Wildman–Crippen LogP) is 1.39. The van der Waals surface area contributed by atoms with Gasteiger partial charge >= 0.3 is 5.97 Å². The van der Waals surface area contributed by atoms with Crippen molar-refractivity contribution in [2.24, 2.45) is 5.73 Å². The van der Waals surface area contributed by atoms with Gasteiger partial charge in [0.2, 0.25) is 0 Å². The quantitative estimate of drug-likeness (QED) is 0.630. The summed E-state index contributed by atoms with van der Waals surface area (Å²) in [4.78, 5) is 10.8. The van der Waals surface area contributed by atoms with Crippen LogP contribution in [-0.4, -0.2) is 16.2 Å². The molecule has 1 aromatic carbocycles. The summed E-state index contributed by atoms with van der Waals surface area (Å²) >= 11 is 0. The van der Waals surface area contributed by atoms with E-state index in [0.29, 0.717) is 17.0 Å². The molecular formula is C13H12N2O3. The van der Waals surface area contributed by atoms with Crippen LogP contribution >= 0.6 is 0 Å². The van der Waals surface area contributed by atoms with E-state index in [-0.39, 0.29) is 11.3 Å². The number of nitrogens with two attached hydrogens (primary N) is 1. The van der Waals surface area contributed by atoms with Crippen LogP contribution in [0.25, 0.3) is 5.70 Å². The van der Waals surface area contributed by atoms with Crippen LogP contribution in [0, 0.1) is 0 Å². The number of carboxylic acid groups (broad SMARTS) is 1. The maximum absolute atomic E-state index is 10.8. The number of carboxylic acids is 1. The van der Waals surface area contributed by atoms with Gasteiger partial charge in [-0.3, -0.25) is 0 Å². The molecule has 92 valence electrons. The minimum atomic E-state index is -1.18. The van der Waals surface area contributed by atoms with E-state index in [9.17, 15) is 9.90 Å². The lowest BCUT2D eigenvalue weighted by atomic mass is 10.1. The van der Waals surface area contributed by atoms with Crippen LogP contribution in [0.2, 0.25) is 0 Å². The van der Waals surface area contributed by atoms with E-state index in [2.05, 4.69) is 5.32 Å². The molecule has 1 aliphatic rings. The van der Waals surface area contributed by atoms with Crippen molar-refractivity contribution in [3.8, 4) is 5.75 Å². The van der Waals surface area contributed by atoms with E-state index in [1.54, 1.807) is 18.3 Å². The fourth-order valence-corrected chi connectivity index (χ4v) is 1.60. The van der Waals surface area contributed by atoms with Crippen LogP contribution in [0.1, 0.15) is 15.9 Å². The molecule has 0 unspecified atom stereocenters. The number of rotatable bonds is 2. The summed E-state index contributed by atoms with van der Waals surface area (Å²) in [6.45, 7) is 0. The summed E-state index contributed by atoms with van der Waals surface area (Å²) in [6.07, 6.45) is 7.16. The molecule has 0 amide bonds. The summed E-state index contributed by atoms with van der Waals surface area (Å²) in [7, 11) is 0. The topological polar surface area (TPSA) is 95.6 Å². The van der Waals surface area contributed by atoms with Gasteiger partial charge in [-0.05, 0) is 24.3 Å². The highest BCUT2D eigenvalue weighted by Crippen LogP contribution is 2.23. The number of carbonyl (C=O) groups is 1. The molecule has 5 N–H and O–H groups in total. The third-order valence-electron chi connectivity index (χ3n) is 2.54. The first-order valence-electron chi connectivity index (χ1n) is 5.26. The smallest absolute Gasteiger partial charge is 0.339 e. The first kappa shape index (κ1) is 11.8. The van der Waals surface area contributed by atoms with E-state index >= 15 is 0 Å². The summed E-state index contributed by atoms with van der Waals surface area (Å²) in [6, 6.07) is 4.21. The molecule has 0 atom stereocenters. The Hall–Kier alpha value is -2.69. The normalized spacial score (nSPS) is 16.2. The molecule has 0 fully saturated rings. The fraction of sp³-hybridized carbons (Fsp3) is 0. The van der Waals surface area contributed by atoms with Crippen molar-refractivity contribution in [2.75, 3.05) is 0 Å². The van der Waals surface area contributed by atoms with Crippen LogP contribution in [0.3, 0.4) is 0 Å². The molecule has 0 saturated carbocycles. The van der Waals surface area contributed by atoms with Gasteiger partial charge in [0.25, 0.3) is 0 Å². The molecule has 18 heavy (non-hydrogen) atoms. The highest BCUT2D eigenvalue weighted by atomic mass is 16.4. The summed E-state index contributed by atoms with van der Waals surface area (Å²) in [5.74, 6) is -1.48. The summed E-state index contributed by atoms with van der Waals surface area (Å²) in [5.41, 5.74) is 7.47. The average Bonchev–Trinajstić information content (AvgIpc) is 2.38. The summed E-state index contributed by atoms with van der Waals surface area (Å²) in [5, 5.41) is 21.4. The van der Waals surface area contributed by atoms with Gasteiger partial charge in [-0.2, -0.15) is 0 Å². The van der Waals surface area contributed by atoms with Crippen LogP contribution in [-0.2, 0) is 0 Å². The monoisotopic (exact) mass is 244 g/mol. The number of benzene rings is 1. The number of phenols is 1. The van der Waals surface area contributed by atoms with Crippen molar-refractivity contribution >= 4 is 11.7 Å². The molecule has 1 aliphatic heterocycles. The standard InChI is InChI=1S/C13H12N2O3/c14-12(10-3-1-2-6-15-10)8-4-5-9(13(17)18)11(16)7-8/h1-7,15-16H,14H2,(H,17,18)/b12-10-. The number of aromatic carboxylic acids is 1. The molecule has 5 heteroatoms. The molecule has 5 nitrogen and oxygen atoms in total. The van der Waals surface area contributed by atoms with Gasteiger partial charge < -0.3 is 21.3 Å². The van der Waals surface area contributed by atoms with Gasteiger partial charge in [-0.1, -0.05) is 12.1 Å². The zero-order chi connectivity index (χ0) is 13.1. The second kappa shape index (κ2) is 4.67. The number of hydrogen-bond donors (Lipinski definition) is 4. The maximum Gasteiger partial charge on any atom is 0.339 e. The lowest BCUT2D eigenvalue weighted by molar-refractivity contribution is 0.0694. The second-order valence-electron chi connectivity index (χ2n) is 3.73. The third-order valence-corrected chi connectivity index (χ3v) is 2.54. The predicted molar refractivity (Wildman–Crippen MR) is 67.6 cm³/mol. The molecule has 0 aliphatic carbocycles. The van der Waals surface area contributed by atoms with Gasteiger partial charge in [0.15, 0.2) is 0 Å².